The number of aromatic nitrogens is 2. The average Bonchev–Trinajstić information content (AvgIpc) is 3.23. The molecule has 0 atom stereocenters. The third kappa shape index (κ3) is 2.73. The van der Waals surface area contributed by atoms with Gasteiger partial charge in [-0.15, -0.1) is 0 Å². The van der Waals surface area contributed by atoms with Crippen LogP contribution < -0.4 is 4.90 Å². The zero-order chi connectivity index (χ0) is 20.4. The summed E-state index contributed by atoms with van der Waals surface area (Å²) in [6, 6.07) is 10.7. The minimum Gasteiger partial charge on any atom is -0.396 e. The third-order valence-electron chi connectivity index (χ3n) is 7.01. The molecular formula is C24H28N4O. The predicted molar refractivity (Wildman–Crippen MR) is 115 cm³/mol. The molecule has 1 aliphatic carbocycles. The zero-order valence-corrected chi connectivity index (χ0v) is 17.5. The molecule has 2 aliphatic rings. The fourth-order valence-electron chi connectivity index (χ4n) is 5.23. The topological polar surface area (TPSA) is 64.6 Å². The first kappa shape index (κ1) is 18.4. The minimum atomic E-state index is 0.00165. The predicted octanol–water partition coefficient (Wildman–Crippen LogP) is 4.08. The highest BCUT2D eigenvalue weighted by Crippen LogP contribution is 2.46. The summed E-state index contributed by atoms with van der Waals surface area (Å²) in [6.07, 6.45) is 3.83. The second-order valence-corrected chi connectivity index (χ2v) is 10.0. The highest BCUT2D eigenvalue weighted by molar-refractivity contribution is 5.86. The Hall–Kier alpha value is -2.58. The largest absolute Gasteiger partial charge is 0.396 e. The van der Waals surface area contributed by atoms with Gasteiger partial charge in [0.15, 0.2) is 5.65 Å². The summed E-state index contributed by atoms with van der Waals surface area (Å²) < 4.78 is 2.23. The number of para-hydroxylation sites is 2. The molecule has 1 N–H and O–H groups in total. The number of nitrogens with zero attached hydrogens (tertiary/aromatic N) is 4. The van der Waals surface area contributed by atoms with E-state index in [0.29, 0.717) is 0 Å². The summed E-state index contributed by atoms with van der Waals surface area (Å²) in [5.41, 5.74) is 6.18. The maximum atomic E-state index is 10.1. The fourth-order valence-corrected chi connectivity index (χ4v) is 5.23. The number of imidazole rings is 1. The van der Waals surface area contributed by atoms with Gasteiger partial charge in [0.05, 0.1) is 16.6 Å². The molecule has 1 aliphatic heterocycles. The lowest BCUT2D eigenvalue weighted by atomic mass is 9.81. The molecule has 0 saturated carbocycles. The molecule has 1 saturated heterocycles. The number of pyridine rings is 1. The van der Waals surface area contributed by atoms with E-state index in [1.54, 1.807) is 0 Å². The van der Waals surface area contributed by atoms with E-state index in [4.69, 9.17) is 4.98 Å². The molecule has 1 aromatic carbocycles. The lowest BCUT2D eigenvalue weighted by Crippen LogP contribution is -2.41. The average molecular weight is 389 g/mol. The van der Waals surface area contributed by atoms with Crippen LogP contribution in [0.25, 0.3) is 16.7 Å². The molecular weight excluding hydrogens is 360 g/mol. The van der Waals surface area contributed by atoms with Gasteiger partial charge < -0.3 is 10.0 Å². The van der Waals surface area contributed by atoms with Gasteiger partial charge in [0.1, 0.15) is 11.9 Å². The van der Waals surface area contributed by atoms with Gasteiger partial charge in [-0.1, -0.05) is 32.9 Å². The number of fused-ring (bicyclic) bond motifs is 4. The number of hydrogen-bond acceptors (Lipinski definition) is 4. The van der Waals surface area contributed by atoms with Crippen molar-refractivity contribution >= 4 is 22.5 Å². The van der Waals surface area contributed by atoms with Crippen LogP contribution in [0.1, 0.15) is 50.3 Å². The van der Waals surface area contributed by atoms with Gasteiger partial charge in [-0.2, -0.15) is 5.26 Å². The summed E-state index contributed by atoms with van der Waals surface area (Å²) >= 11 is 0. The number of benzene rings is 1. The Morgan fingerprint density at radius 1 is 1.10 bits per heavy atom. The Kier molecular flexibility index (Phi) is 3.95. The molecule has 0 bridgehead atoms. The summed E-state index contributed by atoms with van der Waals surface area (Å²) in [5.74, 6) is 1.22. The molecule has 2 aromatic heterocycles. The minimum absolute atomic E-state index is 0.00165. The molecule has 0 radical (unpaired) electrons. The van der Waals surface area contributed by atoms with E-state index >= 15 is 0 Å². The Morgan fingerprint density at radius 3 is 2.48 bits per heavy atom. The van der Waals surface area contributed by atoms with E-state index in [0.717, 1.165) is 61.0 Å². The number of piperidine rings is 1. The van der Waals surface area contributed by atoms with Crippen LogP contribution >= 0.6 is 0 Å². The van der Waals surface area contributed by atoms with Crippen molar-refractivity contribution in [1.29, 1.82) is 5.26 Å². The lowest BCUT2D eigenvalue weighted by Gasteiger charge is -2.40. The van der Waals surface area contributed by atoms with E-state index < -0.39 is 0 Å². The molecule has 0 unspecified atom stereocenters. The SMILES string of the molecule is CC1(C)Cc2c(c(N3CCC(C)(CO)CC3)n3c(nc4ccccc43)c2C#N)C1. The van der Waals surface area contributed by atoms with E-state index in [1.807, 2.05) is 18.2 Å². The Balaban J connectivity index is 1.80. The van der Waals surface area contributed by atoms with Gasteiger partial charge in [-0.25, -0.2) is 4.98 Å². The molecule has 0 amide bonds. The van der Waals surface area contributed by atoms with Crippen molar-refractivity contribution in [3.63, 3.8) is 0 Å². The van der Waals surface area contributed by atoms with Crippen molar-refractivity contribution in [3.8, 4) is 6.07 Å². The second-order valence-electron chi connectivity index (χ2n) is 10.0. The monoisotopic (exact) mass is 388 g/mol. The number of aliphatic hydroxyl groups excluding tert-OH is 1. The van der Waals surface area contributed by atoms with Gasteiger partial charge in [-0.3, -0.25) is 4.40 Å². The fraction of sp³-hybridized carbons (Fsp3) is 0.500. The van der Waals surface area contributed by atoms with Crippen LogP contribution in [0.3, 0.4) is 0 Å². The van der Waals surface area contributed by atoms with E-state index in [-0.39, 0.29) is 17.4 Å². The molecule has 1 fully saturated rings. The standard InChI is InChI=1S/C24H28N4O/c1-23(2)12-16-17(13-23)22(27-10-8-24(3,15-29)9-11-27)28-20-7-5-4-6-19(20)26-21(28)18(16)14-25/h4-7,29H,8-13,15H2,1-3H3. The molecule has 29 heavy (non-hydrogen) atoms. The Bertz CT molecular complexity index is 1160. The summed E-state index contributed by atoms with van der Waals surface area (Å²) in [5, 5.41) is 19.9. The molecule has 5 rings (SSSR count). The maximum absolute atomic E-state index is 10.1. The third-order valence-corrected chi connectivity index (χ3v) is 7.01. The zero-order valence-electron chi connectivity index (χ0n) is 17.5. The molecule has 5 heteroatoms. The van der Waals surface area contributed by atoms with Gasteiger partial charge in [-0.05, 0) is 59.8 Å². The van der Waals surface area contributed by atoms with Crippen LogP contribution in [0.4, 0.5) is 5.82 Å². The van der Waals surface area contributed by atoms with Gasteiger partial charge in [0.25, 0.3) is 0 Å². The lowest BCUT2D eigenvalue weighted by molar-refractivity contribution is 0.114. The number of hydrogen-bond donors (Lipinski definition) is 1. The summed E-state index contributed by atoms with van der Waals surface area (Å²) in [4.78, 5) is 7.36. The summed E-state index contributed by atoms with van der Waals surface area (Å²) in [7, 11) is 0. The normalized spacial score (nSPS) is 20.2. The van der Waals surface area contributed by atoms with Gasteiger partial charge in [0, 0.05) is 19.7 Å². The maximum Gasteiger partial charge on any atom is 0.157 e. The number of aliphatic hydroxyl groups is 1. The molecule has 5 nitrogen and oxygen atoms in total. The first-order chi connectivity index (χ1) is 13.9. The van der Waals surface area contributed by atoms with E-state index in [9.17, 15) is 10.4 Å². The van der Waals surface area contributed by atoms with Crippen molar-refractivity contribution in [2.24, 2.45) is 10.8 Å². The number of rotatable bonds is 2. The van der Waals surface area contributed by atoms with Crippen LogP contribution in [0.15, 0.2) is 24.3 Å². The van der Waals surface area contributed by atoms with Crippen LogP contribution in [-0.2, 0) is 12.8 Å². The Labute approximate surface area is 171 Å². The van der Waals surface area contributed by atoms with Gasteiger partial charge in [0.2, 0.25) is 0 Å². The Morgan fingerprint density at radius 2 is 1.79 bits per heavy atom. The first-order valence-electron chi connectivity index (χ1n) is 10.6. The van der Waals surface area contributed by atoms with Crippen molar-refractivity contribution in [3.05, 3.63) is 41.0 Å². The van der Waals surface area contributed by atoms with Crippen LogP contribution in [0.2, 0.25) is 0 Å². The highest BCUT2D eigenvalue weighted by Gasteiger charge is 2.38. The first-order valence-corrected chi connectivity index (χ1v) is 10.6. The smallest absolute Gasteiger partial charge is 0.157 e. The molecule has 3 aromatic rings. The van der Waals surface area contributed by atoms with Crippen molar-refractivity contribution in [2.75, 3.05) is 24.6 Å². The molecule has 0 spiro atoms. The highest BCUT2D eigenvalue weighted by atomic mass is 16.3. The van der Waals surface area contributed by atoms with Crippen molar-refractivity contribution in [1.82, 2.24) is 9.38 Å². The van der Waals surface area contributed by atoms with Crippen LogP contribution in [-0.4, -0.2) is 34.2 Å². The summed E-state index contributed by atoms with van der Waals surface area (Å²) in [6.45, 7) is 8.83. The quantitative estimate of drug-likeness (QED) is 0.718. The van der Waals surface area contributed by atoms with E-state index in [2.05, 4.69) is 42.2 Å². The van der Waals surface area contributed by atoms with Crippen LogP contribution in [0.5, 0.6) is 0 Å². The number of anilines is 1. The van der Waals surface area contributed by atoms with E-state index in [1.165, 1.54) is 16.9 Å². The van der Waals surface area contributed by atoms with Crippen molar-refractivity contribution in [2.45, 2.75) is 46.5 Å². The van der Waals surface area contributed by atoms with Crippen molar-refractivity contribution < 1.29 is 5.11 Å². The number of nitriles is 1. The molecule has 3 heterocycles. The van der Waals surface area contributed by atoms with Crippen LogP contribution in [0, 0.1) is 22.2 Å². The van der Waals surface area contributed by atoms with Gasteiger partial charge >= 0.3 is 0 Å². The molecule has 150 valence electrons. The second kappa shape index (κ2) is 6.21.